The average molecular weight is 219 g/mol. The molecule has 1 amide bonds. The molecule has 0 atom stereocenters. The number of ether oxygens (including phenoxy) is 1. The van der Waals surface area contributed by atoms with Crippen molar-refractivity contribution in [3.05, 3.63) is 35.9 Å². The molecule has 0 bridgehead atoms. The van der Waals surface area contributed by atoms with Gasteiger partial charge in [-0.15, -0.1) is 0 Å². The standard InChI is InChI=1S/C13H17NO2/c15-13(14-8-10-16-11-9-14)7-6-12-4-2-1-3-5-12/h1-5H,6-11H2. The Morgan fingerprint density at radius 2 is 1.88 bits per heavy atom. The highest BCUT2D eigenvalue weighted by molar-refractivity contribution is 5.76. The molecule has 1 heterocycles. The fraction of sp³-hybridized carbons (Fsp3) is 0.462. The quantitative estimate of drug-likeness (QED) is 0.770. The van der Waals surface area contributed by atoms with Gasteiger partial charge in [-0.3, -0.25) is 4.79 Å². The molecule has 0 saturated carbocycles. The summed E-state index contributed by atoms with van der Waals surface area (Å²) in [6.45, 7) is 2.84. The van der Waals surface area contributed by atoms with Crippen LogP contribution in [0.5, 0.6) is 0 Å². The van der Waals surface area contributed by atoms with Gasteiger partial charge < -0.3 is 9.64 Å². The third-order valence-corrected chi connectivity index (χ3v) is 2.83. The van der Waals surface area contributed by atoms with Crippen LogP contribution >= 0.6 is 0 Å². The number of amides is 1. The summed E-state index contributed by atoms with van der Waals surface area (Å²) in [7, 11) is 0. The van der Waals surface area contributed by atoms with Gasteiger partial charge in [0.2, 0.25) is 5.91 Å². The normalized spacial score (nSPS) is 16.1. The number of benzene rings is 1. The van der Waals surface area contributed by atoms with Gasteiger partial charge in [-0.2, -0.15) is 0 Å². The first-order valence-electron chi connectivity index (χ1n) is 5.76. The fourth-order valence-corrected chi connectivity index (χ4v) is 1.87. The van der Waals surface area contributed by atoms with Crippen molar-refractivity contribution in [2.45, 2.75) is 12.8 Å². The number of rotatable bonds is 3. The van der Waals surface area contributed by atoms with Gasteiger partial charge in [0.05, 0.1) is 13.2 Å². The first-order chi connectivity index (χ1) is 7.86. The summed E-state index contributed by atoms with van der Waals surface area (Å²) in [6, 6.07) is 10.1. The Bertz CT molecular complexity index is 331. The molecule has 16 heavy (non-hydrogen) atoms. The highest BCUT2D eigenvalue weighted by atomic mass is 16.5. The lowest BCUT2D eigenvalue weighted by Gasteiger charge is -2.26. The summed E-state index contributed by atoms with van der Waals surface area (Å²) in [5.41, 5.74) is 1.23. The zero-order valence-corrected chi connectivity index (χ0v) is 9.39. The second kappa shape index (κ2) is 5.66. The van der Waals surface area contributed by atoms with Crippen LogP contribution < -0.4 is 0 Å². The second-order valence-corrected chi connectivity index (χ2v) is 3.98. The maximum absolute atomic E-state index is 11.8. The molecule has 0 aromatic heterocycles. The maximum Gasteiger partial charge on any atom is 0.223 e. The molecule has 1 aromatic carbocycles. The van der Waals surface area contributed by atoms with E-state index >= 15 is 0 Å². The largest absolute Gasteiger partial charge is 0.378 e. The van der Waals surface area contributed by atoms with E-state index in [1.54, 1.807) is 0 Å². The topological polar surface area (TPSA) is 29.5 Å². The summed E-state index contributed by atoms with van der Waals surface area (Å²) >= 11 is 0. The van der Waals surface area contributed by atoms with Crippen molar-refractivity contribution in [1.82, 2.24) is 4.90 Å². The molecule has 3 heteroatoms. The van der Waals surface area contributed by atoms with Crippen molar-refractivity contribution < 1.29 is 9.53 Å². The van der Waals surface area contributed by atoms with Crippen molar-refractivity contribution in [2.75, 3.05) is 26.3 Å². The lowest BCUT2D eigenvalue weighted by Crippen LogP contribution is -2.40. The van der Waals surface area contributed by atoms with Crippen LogP contribution in [0, 0.1) is 0 Å². The Hall–Kier alpha value is -1.35. The predicted octanol–water partition coefficient (Wildman–Crippen LogP) is 1.48. The minimum Gasteiger partial charge on any atom is -0.378 e. The van der Waals surface area contributed by atoms with Gasteiger partial charge in [-0.05, 0) is 12.0 Å². The van der Waals surface area contributed by atoms with Crippen LogP contribution in [0.25, 0.3) is 0 Å². The molecule has 0 unspecified atom stereocenters. The second-order valence-electron chi connectivity index (χ2n) is 3.98. The number of hydrogen-bond donors (Lipinski definition) is 0. The highest BCUT2D eigenvalue weighted by Crippen LogP contribution is 2.06. The lowest BCUT2D eigenvalue weighted by molar-refractivity contribution is -0.135. The number of hydrogen-bond acceptors (Lipinski definition) is 2. The van der Waals surface area contributed by atoms with E-state index in [2.05, 4.69) is 12.1 Å². The van der Waals surface area contributed by atoms with Crippen LogP contribution in [0.15, 0.2) is 30.3 Å². The van der Waals surface area contributed by atoms with Crippen molar-refractivity contribution >= 4 is 5.91 Å². The highest BCUT2D eigenvalue weighted by Gasteiger charge is 2.15. The number of nitrogens with zero attached hydrogens (tertiary/aromatic N) is 1. The number of carbonyl (C=O) groups is 1. The Kier molecular flexibility index (Phi) is 3.94. The predicted molar refractivity (Wildman–Crippen MR) is 62.2 cm³/mol. The van der Waals surface area contributed by atoms with Gasteiger partial charge in [0, 0.05) is 19.5 Å². The SMILES string of the molecule is O=C(CCc1ccccc1)N1CCOCC1. The van der Waals surface area contributed by atoms with Crippen molar-refractivity contribution in [1.29, 1.82) is 0 Å². The summed E-state index contributed by atoms with van der Waals surface area (Å²) in [5.74, 6) is 0.243. The molecule has 0 radical (unpaired) electrons. The first kappa shape index (κ1) is 11.1. The molecule has 86 valence electrons. The van der Waals surface area contributed by atoms with E-state index in [4.69, 9.17) is 4.74 Å². The third kappa shape index (κ3) is 3.07. The van der Waals surface area contributed by atoms with Gasteiger partial charge >= 0.3 is 0 Å². The van der Waals surface area contributed by atoms with Crippen LogP contribution in [0.3, 0.4) is 0 Å². The molecule has 1 fully saturated rings. The van der Waals surface area contributed by atoms with Crippen LogP contribution in [0.2, 0.25) is 0 Å². The molecular formula is C13H17NO2. The van der Waals surface area contributed by atoms with E-state index in [1.165, 1.54) is 5.56 Å². The van der Waals surface area contributed by atoms with Gasteiger partial charge in [0.15, 0.2) is 0 Å². The molecule has 0 aliphatic carbocycles. The van der Waals surface area contributed by atoms with Crippen molar-refractivity contribution in [3.63, 3.8) is 0 Å². The Morgan fingerprint density at radius 3 is 2.56 bits per heavy atom. The fourth-order valence-electron chi connectivity index (χ4n) is 1.87. The van der Waals surface area contributed by atoms with E-state index in [0.717, 1.165) is 19.5 Å². The Labute approximate surface area is 96.0 Å². The molecular weight excluding hydrogens is 202 g/mol. The molecule has 0 spiro atoms. The molecule has 1 saturated heterocycles. The Morgan fingerprint density at radius 1 is 1.19 bits per heavy atom. The van der Waals surface area contributed by atoms with E-state index in [-0.39, 0.29) is 5.91 Å². The summed E-state index contributed by atoms with van der Waals surface area (Å²) in [4.78, 5) is 13.7. The number of morpholine rings is 1. The number of carbonyl (C=O) groups excluding carboxylic acids is 1. The molecule has 1 aliphatic heterocycles. The van der Waals surface area contributed by atoms with Gasteiger partial charge in [0.25, 0.3) is 0 Å². The maximum atomic E-state index is 11.8. The lowest BCUT2D eigenvalue weighted by atomic mass is 10.1. The van der Waals surface area contributed by atoms with E-state index in [1.807, 2.05) is 23.1 Å². The molecule has 1 aromatic rings. The van der Waals surface area contributed by atoms with Crippen molar-refractivity contribution in [3.8, 4) is 0 Å². The zero-order chi connectivity index (χ0) is 11.2. The molecule has 3 nitrogen and oxygen atoms in total. The van der Waals surface area contributed by atoms with E-state index in [9.17, 15) is 4.79 Å². The molecule has 1 aliphatic rings. The Balaban J connectivity index is 1.79. The van der Waals surface area contributed by atoms with Crippen LogP contribution in [0.1, 0.15) is 12.0 Å². The first-order valence-corrected chi connectivity index (χ1v) is 5.76. The average Bonchev–Trinajstić information content (AvgIpc) is 2.38. The monoisotopic (exact) mass is 219 g/mol. The number of aryl methyl sites for hydroxylation is 1. The van der Waals surface area contributed by atoms with Gasteiger partial charge in [-0.25, -0.2) is 0 Å². The van der Waals surface area contributed by atoms with Crippen LogP contribution in [-0.4, -0.2) is 37.1 Å². The van der Waals surface area contributed by atoms with Gasteiger partial charge in [0.1, 0.15) is 0 Å². The summed E-state index contributed by atoms with van der Waals surface area (Å²) in [5, 5.41) is 0. The third-order valence-electron chi connectivity index (χ3n) is 2.83. The van der Waals surface area contributed by atoms with E-state index in [0.29, 0.717) is 19.6 Å². The minimum absolute atomic E-state index is 0.243. The zero-order valence-electron chi connectivity index (χ0n) is 9.39. The molecule has 2 rings (SSSR count). The minimum atomic E-state index is 0.243. The molecule has 0 N–H and O–H groups in total. The van der Waals surface area contributed by atoms with Gasteiger partial charge in [-0.1, -0.05) is 30.3 Å². The van der Waals surface area contributed by atoms with Crippen molar-refractivity contribution in [2.24, 2.45) is 0 Å². The van der Waals surface area contributed by atoms with E-state index < -0.39 is 0 Å². The smallest absolute Gasteiger partial charge is 0.223 e. The van der Waals surface area contributed by atoms with Crippen LogP contribution in [-0.2, 0) is 16.0 Å². The van der Waals surface area contributed by atoms with Crippen LogP contribution in [0.4, 0.5) is 0 Å². The summed E-state index contributed by atoms with van der Waals surface area (Å²) in [6.07, 6.45) is 1.43. The summed E-state index contributed by atoms with van der Waals surface area (Å²) < 4.78 is 5.22.